The number of hydrogen-bond acceptors (Lipinski definition) is 3. The number of aromatic nitrogens is 2. The number of nitrogens with zero attached hydrogens (tertiary/aromatic N) is 3. The van der Waals surface area contributed by atoms with Crippen LogP contribution in [0.1, 0.15) is 0 Å². The lowest BCUT2D eigenvalue weighted by atomic mass is 10.4. The van der Waals surface area contributed by atoms with E-state index in [1.54, 1.807) is 23.0 Å². The number of carbonyl (C=O) groups excluding carboxylic acids is 1. The van der Waals surface area contributed by atoms with Crippen molar-refractivity contribution in [1.82, 2.24) is 9.61 Å². The predicted octanol–water partition coefficient (Wildman–Crippen LogP) is 1.30. The van der Waals surface area contributed by atoms with Gasteiger partial charge >= 0.3 is 0 Å². The third-order valence-electron chi connectivity index (χ3n) is 1.56. The molecule has 2 heterocycles. The highest BCUT2D eigenvalue weighted by atomic mass is 16.1. The summed E-state index contributed by atoms with van der Waals surface area (Å²) in [4.78, 5) is 13.4. The van der Waals surface area contributed by atoms with Crippen molar-refractivity contribution in [3.05, 3.63) is 30.6 Å². The van der Waals surface area contributed by atoms with E-state index in [9.17, 15) is 4.79 Å². The van der Waals surface area contributed by atoms with E-state index in [0.717, 1.165) is 5.52 Å². The zero-order valence-electron chi connectivity index (χ0n) is 6.14. The Balaban J connectivity index is 2.67. The van der Waals surface area contributed by atoms with Crippen LogP contribution in [0, 0.1) is 0 Å². The molecule has 2 aromatic heterocycles. The van der Waals surface area contributed by atoms with Crippen molar-refractivity contribution in [2.75, 3.05) is 0 Å². The van der Waals surface area contributed by atoms with Gasteiger partial charge in [-0.2, -0.15) is 10.1 Å². The minimum atomic E-state index is 0.557. The van der Waals surface area contributed by atoms with Crippen molar-refractivity contribution in [3.63, 3.8) is 0 Å². The molecule has 0 fully saturated rings. The van der Waals surface area contributed by atoms with E-state index in [4.69, 9.17) is 0 Å². The zero-order chi connectivity index (χ0) is 8.39. The van der Waals surface area contributed by atoms with Crippen molar-refractivity contribution in [1.29, 1.82) is 0 Å². The molecular weight excluding hydrogens is 154 g/mol. The van der Waals surface area contributed by atoms with Crippen LogP contribution < -0.4 is 0 Å². The van der Waals surface area contributed by atoms with Crippen LogP contribution in [0.2, 0.25) is 0 Å². The van der Waals surface area contributed by atoms with Crippen LogP contribution in [0.15, 0.2) is 35.6 Å². The van der Waals surface area contributed by atoms with Gasteiger partial charge < -0.3 is 0 Å². The van der Waals surface area contributed by atoms with Crippen LogP contribution in [0.25, 0.3) is 5.52 Å². The van der Waals surface area contributed by atoms with Gasteiger partial charge in [-0.05, 0) is 18.2 Å². The third-order valence-corrected chi connectivity index (χ3v) is 1.56. The summed E-state index contributed by atoms with van der Waals surface area (Å²) in [6.45, 7) is 0. The lowest BCUT2D eigenvalue weighted by molar-refractivity contribution is 0.565. The number of aliphatic imine (C=N–C) groups is 1. The average Bonchev–Trinajstić information content (AvgIpc) is 2.51. The number of fused-ring (bicyclic) bond motifs is 1. The summed E-state index contributed by atoms with van der Waals surface area (Å²) in [5.74, 6) is 0. The second kappa shape index (κ2) is 2.60. The van der Waals surface area contributed by atoms with E-state index in [1.807, 2.05) is 12.1 Å². The van der Waals surface area contributed by atoms with E-state index in [-0.39, 0.29) is 0 Å². The largest absolute Gasteiger partial charge is 0.240 e. The van der Waals surface area contributed by atoms with Crippen molar-refractivity contribution in [3.8, 4) is 0 Å². The highest BCUT2D eigenvalue weighted by molar-refractivity contribution is 5.54. The molecule has 12 heavy (non-hydrogen) atoms. The Labute approximate surface area is 68.2 Å². The Hall–Kier alpha value is -1.93. The Morgan fingerprint density at radius 1 is 1.42 bits per heavy atom. The monoisotopic (exact) mass is 159 g/mol. The molecule has 2 rings (SSSR count). The summed E-state index contributed by atoms with van der Waals surface area (Å²) >= 11 is 0. The quantitative estimate of drug-likeness (QED) is 0.465. The second-order valence-electron chi connectivity index (χ2n) is 2.29. The maximum absolute atomic E-state index is 9.93. The zero-order valence-corrected chi connectivity index (χ0v) is 6.14. The molecule has 0 radical (unpaired) electrons. The minimum absolute atomic E-state index is 0.557. The van der Waals surface area contributed by atoms with E-state index < -0.39 is 0 Å². The molecule has 0 unspecified atom stereocenters. The molecule has 0 aliphatic carbocycles. The summed E-state index contributed by atoms with van der Waals surface area (Å²) in [5.41, 5.74) is 1.53. The maximum Gasteiger partial charge on any atom is 0.240 e. The van der Waals surface area contributed by atoms with Crippen molar-refractivity contribution >= 4 is 17.3 Å². The molecule has 0 N–H and O–H groups in total. The van der Waals surface area contributed by atoms with Gasteiger partial charge in [-0.3, -0.25) is 0 Å². The number of rotatable bonds is 1. The van der Waals surface area contributed by atoms with E-state index >= 15 is 0 Å². The fourth-order valence-corrected chi connectivity index (χ4v) is 1.02. The molecule has 4 nitrogen and oxygen atoms in total. The van der Waals surface area contributed by atoms with Crippen LogP contribution in [-0.4, -0.2) is 15.7 Å². The van der Waals surface area contributed by atoms with Gasteiger partial charge in [0.25, 0.3) is 0 Å². The molecule has 0 bridgehead atoms. The van der Waals surface area contributed by atoms with E-state index in [1.165, 1.54) is 6.08 Å². The van der Waals surface area contributed by atoms with E-state index in [2.05, 4.69) is 10.1 Å². The summed E-state index contributed by atoms with van der Waals surface area (Å²) in [6, 6.07) is 5.44. The van der Waals surface area contributed by atoms with Gasteiger partial charge in [0.15, 0.2) is 0 Å². The average molecular weight is 159 g/mol. The molecule has 0 saturated carbocycles. The van der Waals surface area contributed by atoms with Crippen LogP contribution in [0.5, 0.6) is 0 Å². The minimum Gasteiger partial charge on any atom is -0.239 e. The van der Waals surface area contributed by atoms with Gasteiger partial charge in [0.05, 0.1) is 17.4 Å². The van der Waals surface area contributed by atoms with Gasteiger partial charge in [0.1, 0.15) is 0 Å². The molecule has 0 atom stereocenters. The Bertz CT molecular complexity index is 454. The molecule has 2 aromatic rings. The highest BCUT2D eigenvalue weighted by Gasteiger charge is 1.93. The molecule has 0 amide bonds. The first-order valence-electron chi connectivity index (χ1n) is 3.41. The fraction of sp³-hybridized carbons (Fsp3) is 0. The van der Waals surface area contributed by atoms with Gasteiger partial charge in [0, 0.05) is 6.20 Å². The van der Waals surface area contributed by atoms with Crippen LogP contribution in [0.3, 0.4) is 0 Å². The number of hydrogen-bond donors (Lipinski definition) is 0. The number of pyridine rings is 1. The van der Waals surface area contributed by atoms with Gasteiger partial charge in [-0.15, -0.1) is 0 Å². The van der Waals surface area contributed by atoms with Gasteiger partial charge in [0.2, 0.25) is 6.08 Å². The SMILES string of the molecule is O=C=Nc1ccc2ccnn2c1. The molecule has 0 spiro atoms. The van der Waals surface area contributed by atoms with Crippen molar-refractivity contribution < 1.29 is 4.79 Å². The highest BCUT2D eigenvalue weighted by Crippen LogP contribution is 2.11. The molecule has 4 heteroatoms. The third kappa shape index (κ3) is 1.00. The van der Waals surface area contributed by atoms with Crippen LogP contribution in [0.4, 0.5) is 5.69 Å². The lowest BCUT2D eigenvalue weighted by Crippen LogP contribution is -1.83. The van der Waals surface area contributed by atoms with Crippen molar-refractivity contribution in [2.24, 2.45) is 4.99 Å². The maximum atomic E-state index is 9.93. The van der Waals surface area contributed by atoms with Gasteiger partial charge in [-0.25, -0.2) is 9.31 Å². The van der Waals surface area contributed by atoms with E-state index in [0.29, 0.717) is 5.69 Å². The van der Waals surface area contributed by atoms with Crippen LogP contribution in [-0.2, 0) is 4.79 Å². The van der Waals surface area contributed by atoms with Crippen molar-refractivity contribution in [2.45, 2.75) is 0 Å². The first-order valence-corrected chi connectivity index (χ1v) is 3.41. The molecule has 0 aliphatic rings. The normalized spacial score (nSPS) is 9.67. The first kappa shape index (κ1) is 6.76. The Morgan fingerprint density at radius 3 is 3.17 bits per heavy atom. The molecule has 0 aliphatic heterocycles. The second-order valence-corrected chi connectivity index (χ2v) is 2.29. The predicted molar refractivity (Wildman–Crippen MR) is 43.0 cm³/mol. The molecule has 0 saturated heterocycles. The molecule has 0 aromatic carbocycles. The summed E-state index contributed by atoms with van der Waals surface area (Å²) in [7, 11) is 0. The summed E-state index contributed by atoms with van der Waals surface area (Å²) < 4.78 is 1.65. The van der Waals surface area contributed by atoms with Gasteiger partial charge in [-0.1, -0.05) is 0 Å². The standard InChI is InChI=1S/C8H5N3O/c12-6-9-7-1-2-8-3-4-10-11(8)5-7/h1-5H. The summed E-state index contributed by atoms with van der Waals surface area (Å²) in [5, 5.41) is 3.99. The Morgan fingerprint density at radius 2 is 2.33 bits per heavy atom. The summed E-state index contributed by atoms with van der Waals surface area (Å²) in [6.07, 6.45) is 4.83. The molecule has 58 valence electrons. The smallest absolute Gasteiger partial charge is 0.239 e. The first-order chi connectivity index (χ1) is 5.90. The Kier molecular flexibility index (Phi) is 1.47. The molecular formula is C8H5N3O. The lowest BCUT2D eigenvalue weighted by Gasteiger charge is -1.92. The topological polar surface area (TPSA) is 46.7 Å². The fourth-order valence-electron chi connectivity index (χ4n) is 1.02. The van der Waals surface area contributed by atoms with Crippen LogP contribution >= 0.6 is 0 Å². The number of isocyanates is 1.